The number of hydrogen-bond acceptors (Lipinski definition) is 4. The van der Waals surface area contributed by atoms with Gasteiger partial charge in [0.05, 0.1) is 22.6 Å². The second kappa shape index (κ2) is 7.04. The van der Waals surface area contributed by atoms with E-state index in [2.05, 4.69) is 20.3 Å². The zero-order valence-corrected chi connectivity index (χ0v) is 13.3. The van der Waals surface area contributed by atoms with Crippen LogP contribution in [0.5, 0.6) is 0 Å². The van der Waals surface area contributed by atoms with Crippen LogP contribution in [0, 0.1) is 0 Å². The lowest BCUT2D eigenvalue weighted by molar-refractivity contribution is -0.121. The van der Waals surface area contributed by atoms with Gasteiger partial charge in [0, 0.05) is 19.0 Å². The smallest absolute Gasteiger partial charge is 0.258 e. The zero-order chi connectivity index (χ0) is 16.9. The molecule has 122 valence electrons. The number of benzene rings is 1. The van der Waals surface area contributed by atoms with E-state index >= 15 is 0 Å². The molecule has 0 fully saturated rings. The molecule has 3 rings (SSSR count). The number of H-pyrrole nitrogens is 1. The van der Waals surface area contributed by atoms with Crippen LogP contribution in [-0.4, -0.2) is 20.9 Å². The van der Waals surface area contributed by atoms with Gasteiger partial charge in [-0.15, -0.1) is 0 Å². The van der Waals surface area contributed by atoms with Gasteiger partial charge in [-0.05, 0) is 31.2 Å². The predicted octanol–water partition coefficient (Wildman–Crippen LogP) is 2.13. The van der Waals surface area contributed by atoms with Crippen molar-refractivity contribution in [2.45, 2.75) is 25.8 Å². The summed E-state index contributed by atoms with van der Waals surface area (Å²) in [7, 11) is 0. The van der Waals surface area contributed by atoms with Crippen molar-refractivity contribution in [1.29, 1.82) is 0 Å². The Morgan fingerprint density at radius 2 is 2.00 bits per heavy atom. The summed E-state index contributed by atoms with van der Waals surface area (Å²) in [4.78, 5) is 35.4. The summed E-state index contributed by atoms with van der Waals surface area (Å²) in [5, 5.41) is 3.45. The molecule has 0 saturated heterocycles. The minimum absolute atomic E-state index is 0.107. The van der Waals surface area contributed by atoms with Gasteiger partial charge in [-0.2, -0.15) is 0 Å². The number of fused-ring (bicyclic) bond motifs is 1. The summed E-state index contributed by atoms with van der Waals surface area (Å²) in [6, 6.07) is 12.6. The number of pyridine rings is 1. The number of aryl methyl sites for hydroxylation is 1. The third-order valence-corrected chi connectivity index (χ3v) is 3.76. The van der Waals surface area contributed by atoms with E-state index in [1.165, 1.54) is 0 Å². The Labute approximate surface area is 139 Å². The molecule has 2 heterocycles. The van der Waals surface area contributed by atoms with Gasteiger partial charge in [0.25, 0.3) is 5.56 Å². The Kier molecular flexibility index (Phi) is 4.65. The lowest BCUT2D eigenvalue weighted by atomic mass is 10.2. The fourth-order valence-corrected chi connectivity index (χ4v) is 2.50. The Morgan fingerprint density at radius 1 is 1.21 bits per heavy atom. The Morgan fingerprint density at radius 3 is 2.79 bits per heavy atom. The highest BCUT2D eigenvalue weighted by molar-refractivity contribution is 5.78. The summed E-state index contributed by atoms with van der Waals surface area (Å²) in [6.45, 7) is 1.89. The SMILES string of the molecule is C[C@H](NC(=O)CCc1nc2ccccc2c(=O)[nH]1)c1ccccn1. The highest BCUT2D eigenvalue weighted by atomic mass is 16.1. The van der Waals surface area contributed by atoms with E-state index in [-0.39, 0.29) is 23.9 Å². The number of hydrogen-bond donors (Lipinski definition) is 2. The third kappa shape index (κ3) is 3.65. The maximum absolute atomic E-state index is 12.1. The first kappa shape index (κ1) is 15.9. The van der Waals surface area contributed by atoms with Gasteiger partial charge in [-0.1, -0.05) is 18.2 Å². The molecule has 24 heavy (non-hydrogen) atoms. The largest absolute Gasteiger partial charge is 0.348 e. The lowest BCUT2D eigenvalue weighted by Crippen LogP contribution is -2.27. The maximum Gasteiger partial charge on any atom is 0.258 e. The van der Waals surface area contributed by atoms with Crippen molar-refractivity contribution in [3.05, 3.63) is 70.5 Å². The Balaban J connectivity index is 1.63. The molecule has 0 radical (unpaired) electrons. The summed E-state index contributed by atoms with van der Waals surface area (Å²) in [5.74, 6) is 0.406. The number of para-hydroxylation sites is 1. The Hall–Kier alpha value is -3.02. The predicted molar refractivity (Wildman–Crippen MR) is 91.5 cm³/mol. The molecular weight excluding hydrogens is 304 g/mol. The number of rotatable bonds is 5. The molecule has 3 aromatic rings. The molecule has 0 saturated carbocycles. The summed E-state index contributed by atoms with van der Waals surface area (Å²) in [6.07, 6.45) is 2.32. The van der Waals surface area contributed by atoms with Crippen molar-refractivity contribution in [2.24, 2.45) is 0 Å². The molecule has 2 N–H and O–H groups in total. The highest BCUT2D eigenvalue weighted by Gasteiger charge is 2.11. The van der Waals surface area contributed by atoms with Crippen molar-refractivity contribution < 1.29 is 4.79 Å². The van der Waals surface area contributed by atoms with E-state index in [4.69, 9.17) is 0 Å². The number of amides is 1. The van der Waals surface area contributed by atoms with Crippen LogP contribution in [0.1, 0.15) is 30.9 Å². The molecule has 6 nitrogen and oxygen atoms in total. The van der Waals surface area contributed by atoms with E-state index in [1.54, 1.807) is 24.4 Å². The molecule has 1 atom stereocenters. The zero-order valence-electron chi connectivity index (χ0n) is 13.3. The first-order valence-electron chi connectivity index (χ1n) is 7.82. The molecule has 0 aliphatic rings. The molecular formula is C18H18N4O2. The summed E-state index contributed by atoms with van der Waals surface area (Å²) < 4.78 is 0. The first-order valence-corrected chi connectivity index (χ1v) is 7.82. The number of nitrogens with zero attached hydrogens (tertiary/aromatic N) is 2. The fraction of sp³-hybridized carbons (Fsp3) is 0.222. The molecule has 6 heteroatoms. The molecule has 0 aliphatic carbocycles. The number of aromatic nitrogens is 3. The second-order valence-electron chi connectivity index (χ2n) is 5.57. The Bertz CT molecular complexity index is 906. The van der Waals surface area contributed by atoms with Crippen LogP contribution in [0.25, 0.3) is 10.9 Å². The second-order valence-corrected chi connectivity index (χ2v) is 5.57. The van der Waals surface area contributed by atoms with E-state index in [0.29, 0.717) is 23.1 Å². The summed E-state index contributed by atoms with van der Waals surface area (Å²) >= 11 is 0. The average molecular weight is 322 g/mol. The fourth-order valence-electron chi connectivity index (χ4n) is 2.50. The normalized spacial score (nSPS) is 12.0. The van der Waals surface area contributed by atoms with Crippen molar-refractivity contribution in [3.8, 4) is 0 Å². The van der Waals surface area contributed by atoms with Crippen molar-refractivity contribution in [1.82, 2.24) is 20.3 Å². The van der Waals surface area contributed by atoms with Crippen molar-refractivity contribution >= 4 is 16.8 Å². The maximum atomic E-state index is 12.1. The van der Waals surface area contributed by atoms with Crippen LogP contribution >= 0.6 is 0 Å². The van der Waals surface area contributed by atoms with Gasteiger partial charge in [-0.25, -0.2) is 4.98 Å². The minimum atomic E-state index is -0.183. The number of carbonyl (C=O) groups is 1. The van der Waals surface area contributed by atoms with Crippen LogP contribution in [0.2, 0.25) is 0 Å². The molecule has 1 amide bonds. The van der Waals surface area contributed by atoms with Crippen molar-refractivity contribution in [3.63, 3.8) is 0 Å². The minimum Gasteiger partial charge on any atom is -0.348 e. The van der Waals surface area contributed by atoms with Crippen LogP contribution in [0.15, 0.2) is 53.5 Å². The number of aromatic amines is 1. The highest BCUT2D eigenvalue weighted by Crippen LogP contribution is 2.09. The summed E-state index contributed by atoms with van der Waals surface area (Å²) in [5.41, 5.74) is 1.26. The van der Waals surface area contributed by atoms with Crippen molar-refractivity contribution in [2.75, 3.05) is 0 Å². The molecule has 2 aromatic heterocycles. The van der Waals surface area contributed by atoms with Gasteiger partial charge in [0.1, 0.15) is 5.82 Å². The monoisotopic (exact) mass is 322 g/mol. The molecule has 0 spiro atoms. The van der Waals surface area contributed by atoms with E-state index in [9.17, 15) is 9.59 Å². The number of carbonyl (C=O) groups excluding carboxylic acids is 1. The van der Waals surface area contributed by atoms with Crippen LogP contribution in [0.4, 0.5) is 0 Å². The van der Waals surface area contributed by atoms with E-state index < -0.39 is 0 Å². The lowest BCUT2D eigenvalue weighted by Gasteiger charge is -2.13. The van der Waals surface area contributed by atoms with Crippen LogP contribution in [0.3, 0.4) is 0 Å². The first-order chi connectivity index (χ1) is 11.6. The van der Waals surface area contributed by atoms with Gasteiger partial charge < -0.3 is 10.3 Å². The van der Waals surface area contributed by atoms with Gasteiger partial charge in [0.2, 0.25) is 5.91 Å². The molecule has 1 aromatic carbocycles. The van der Waals surface area contributed by atoms with Gasteiger partial charge in [-0.3, -0.25) is 14.6 Å². The topological polar surface area (TPSA) is 87.7 Å². The van der Waals surface area contributed by atoms with Crippen LogP contribution in [-0.2, 0) is 11.2 Å². The number of nitrogens with one attached hydrogen (secondary N) is 2. The van der Waals surface area contributed by atoms with E-state index in [1.807, 2.05) is 31.2 Å². The molecule has 0 unspecified atom stereocenters. The average Bonchev–Trinajstić information content (AvgIpc) is 2.61. The standard InChI is InChI=1S/C18H18N4O2/c1-12(14-7-4-5-11-19-14)20-17(23)10-9-16-21-15-8-3-2-6-13(15)18(24)22-16/h2-8,11-12H,9-10H2,1H3,(H,20,23)(H,21,22,24)/t12-/m0/s1. The van der Waals surface area contributed by atoms with Gasteiger partial charge >= 0.3 is 0 Å². The third-order valence-electron chi connectivity index (χ3n) is 3.76. The molecule has 0 bridgehead atoms. The molecule has 0 aliphatic heterocycles. The quantitative estimate of drug-likeness (QED) is 0.753. The van der Waals surface area contributed by atoms with Crippen LogP contribution < -0.4 is 10.9 Å². The van der Waals surface area contributed by atoms with E-state index in [0.717, 1.165) is 5.69 Å². The van der Waals surface area contributed by atoms with Gasteiger partial charge in [0.15, 0.2) is 0 Å².